The van der Waals surface area contributed by atoms with E-state index in [1.165, 1.54) is 30.5 Å². The van der Waals surface area contributed by atoms with Crippen LogP contribution >= 0.6 is 27.3 Å². The monoisotopic (exact) mass is 403 g/mol. The van der Waals surface area contributed by atoms with E-state index in [0.29, 0.717) is 16.4 Å². The smallest absolute Gasteiger partial charge is 0.273 e. The quantitative estimate of drug-likeness (QED) is 0.621. The van der Waals surface area contributed by atoms with E-state index in [4.69, 9.17) is 0 Å². The fraction of sp³-hybridized carbons (Fsp3) is 0.118. The van der Waals surface area contributed by atoms with E-state index in [0.717, 1.165) is 20.6 Å². The summed E-state index contributed by atoms with van der Waals surface area (Å²) in [6, 6.07) is 9.39. The average molecular weight is 404 g/mol. The van der Waals surface area contributed by atoms with Crippen molar-refractivity contribution < 1.29 is 9.59 Å². The van der Waals surface area contributed by atoms with E-state index in [2.05, 4.69) is 31.2 Å². The number of thiazole rings is 1. The third-order valence-electron chi connectivity index (χ3n) is 3.47. The van der Waals surface area contributed by atoms with Gasteiger partial charge in [0.05, 0.1) is 5.69 Å². The zero-order valence-electron chi connectivity index (χ0n) is 13.0. The van der Waals surface area contributed by atoms with Gasteiger partial charge in [0, 0.05) is 26.7 Å². The standard InChI is InChI=1S/C17H14BrN3O2S/c1-9(22)12-7-14(19-8-12)16(23)21-17-20-15(10(2)24-17)11-3-5-13(18)6-4-11/h3-8,19H,1-2H3,(H,20,21,23). The largest absolute Gasteiger partial charge is 0.356 e. The Kier molecular flexibility index (Phi) is 4.64. The van der Waals surface area contributed by atoms with Gasteiger partial charge in [-0.15, -0.1) is 11.3 Å². The first-order chi connectivity index (χ1) is 11.4. The predicted molar refractivity (Wildman–Crippen MR) is 98.7 cm³/mol. The molecule has 0 unspecified atom stereocenters. The molecule has 0 saturated carbocycles. The minimum atomic E-state index is -0.321. The molecule has 3 aromatic rings. The molecule has 5 nitrogen and oxygen atoms in total. The number of H-pyrrole nitrogens is 1. The number of benzene rings is 1. The molecule has 0 aliphatic carbocycles. The summed E-state index contributed by atoms with van der Waals surface area (Å²) in [5, 5.41) is 3.29. The van der Waals surface area contributed by atoms with Gasteiger partial charge in [-0.25, -0.2) is 4.98 Å². The van der Waals surface area contributed by atoms with Crippen molar-refractivity contribution in [3.63, 3.8) is 0 Å². The third kappa shape index (κ3) is 3.47. The lowest BCUT2D eigenvalue weighted by Gasteiger charge is -1.99. The number of nitrogens with one attached hydrogen (secondary N) is 2. The first kappa shape index (κ1) is 16.6. The van der Waals surface area contributed by atoms with Crippen LogP contribution < -0.4 is 5.32 Å². The summed E-state index contributed by atoms with van der Waals surface area (Å²) in [7, 11) is 0. The molecule has 2 heterocycles. The summed E-state index contributed by atoms with van der Waals surface area (Å²) >= 11 is 4.82. The van der Waals surface area contributed by atoms with Gasteiger partial charge in [-0.1, -0.05) is 28.1 Å². The topological polar surface area (TPSA) is 74.8 Å². The van der Waals surface area contributed by atoms with Gasteiger partial charge in [0.15, 0.2) is 10.9 Å². The molecule has 24 heavy (non-hydrogen) atoms. The first-order valence-corrected chi connectivity index (χ1v) is 8.79. The van der Waals surface area contributed by atoms with Crippen molar-refractivity contribution in [2.75, 3.05) is 5.32 Å². The van der Waals surface area contributed by atoms with Crippen LogP contribution in [0, 0.1) is 6.92 Å². The second kappa shape index (κ2) is 6.70. The number of amides is 1. The zero-order valence-corrected chi connectivity index (χ0v) is 15.4. The molecule has 0 bridgehead atoms. The number of halogens is 1. The van der Waals surface area contributed by atoms with Crippen LogP contribution in [0.5, 0.6) is 0 Å². The second-order valence-electron chi connectivity index (χ2n) is 5.24. The Morgan fingerprint density at radius 1 is 1.25 bits per heavy atom. The van der Waals surface area contributed by atoms with Crippen molar-refractivity contribution in [2.24, 2.45) is 0 Å². The summed E-state index contributed by atoms with van der Waals surface area (Å²) < 4.78 is 1.00. The number of hydrogen-bond donors (Lipinski definition) is 2. The van der Waals surface area contributed by atoms with Crippen molar-refractivity contribution in [3.05, 3.63) is 57.1 Å². The van der Waals surface area contributed by atoms with E-state index >= 15 is 0 Å². The molecular formula is C17H14BrN3O2S. The highest BCUT2D eigenvalue weighted by Crippen LogP contribution is 2.31. The van der Waals surface area contributed by atoms with Gasteiger partial charge in [-0.2, -0.15) is 0 Å². The number of anilines is 1. The van der Waals surface area contributed by atoms with Gasteiger partial charge in [0.1, 0.15) is 5.69 Å². The molecule has 0 aliphatic rings. The highest BCUT2D eigenvalue weighted by atomic mass is 79.9. The van der Waals surface area contributed by atoms with Crippen LogP contribution in [0.1, 0.15) is 32.6 Å². The van der Waals surface area contributed by atoms with Gasteiger partial charge in [-0.3, -0.25) is 14.9 Å². The lowest BCUT2D eigenvalue weighted by molar-refractivity contribution is 0.101. The van der Waals surface area contributed by atoms with Gasteiger partial charge in [0.25, 0.3) is 5.91 Å². The molecule has 0 saturated heterocycles. The summed E-state index contributed by atoms with van der Waals surface area (Å²) in [5.74, 6) is -0.411. The van der Waals surface area contributed by atoms with Gasteiger partial charge in [0.2, 0.25) is 0 Å². The highest BCUT2D eigenvalue weighted by molar-refractivity contribution is 9.10. The number of aromatic nitrogens is 2. The van der Waals surface area contributed by atoms with Crippen molar-refractivity contribution >= 4 is 44.1 Å². The van der Waals surface area contributed by atoms with Crippen LogP contribution in [-0.2, 0) is 0 Å². The van der Waals surface area contributed by atoms with Gasteiger partial charge in [-0.05, 0) is 32.0 Å². The molecule has 0 aliphatic heterocycles. The van der Waals surface area contributed by atoms with Crippen molar-refractivity contribution in [3.8, 4) is 11.3 Å². The van der Waals surface area contributed by atoms with E-state index < -0.39 is 0 Å². The fourth-order valence-electron chi connectivity index (χ4n) is 2.22. The second-order valence-corrected chi connectivity index (χ2v) is 7.36. The van der Waals surface area contributed by atoms with Crippen LogP contribution in [-0.4, -0.2) is 21.7 Å². The normalized spacial score (nSPS) is 10.6. The predicted octanol–water partition coefficient (Wildman–Crippen LogP) is 4.66. The van der Waals surface area contributed by atoms with Crippen LogP contribution in [0.15, 0.2) is 41.0 Å². The molecule has 3 rings (SSSR count). The Hall–Kier alpha value is -2.25. The maximum absolute atomic E-state index is 12.3. The van der Waals surface area contributed by atoms with Crippen LogP contribution in [0.3, 0.4) is 0 Å². The van der Waals surface area contributed by atoms with Crippen molar-refractivity contribution in [2.45, 2.75) is 13.8 Å². The maximum atomic E-state index is 12.3. The molecule has 0 atom stereocenters. The number of ketones is 1. The molecule has 7 heteroatoms. The third-order valence-corrected chi connectivity index (χ3v) is 4.88. The number of carbonyl (C=O) groups excluding carboxylic acids is 2. The van der Waals surface area contributed by atoms with E-state index in [1.807, 2.05) is 31.2 Å². The Bertz CT molecular complexity index is 912. The summed E-state index contributed by atoms with van der Waals surface area (Å²) in [4.78, 5) is 31.9. The number of carbonyl (C=O) groups is 2. The lowest BCUT2D eigenvalue weighted by Crippen LogP contribution is -2.11. The Balaban J connectivity index is 1.80. The number of hydrogen-bond acceptors (Lipinski definition) is 4. The lowest BCUT2D eigenvalue weighted by atomic mass is 10.1. The summed E-state index contributed by atoms with van der Waals surface area (Å²) in [5.41, 5.74) is 2.65. The van der Waals surface area contributed by atoms with Crippen molar-refractivity contribution in [1.29, 1.82) is 0 Å². The number of rotatable bonds is 4. The maximum Gasteiger partial charge on any atom is 0.273 e. The molecule has 0 fully saturated rings. The number of nitrogens with zero attached hydrogens (tertiary/aromatic N) is 1. The molecular weight excluding hydrogens is 390 g/mol. The Morgan fingerprint density at radius 3 is 2.58 bits per heavy atom. The molecule has 1 aromatic carbocycles. The highest BCUT2D eigenvalue weighted by Gasteiger charge is 2.15. The molecule has 2 aromatic heterocycles. The average Bonchev–Trinajstić information content (AvgIpc) is 3.15. The molecule has 1 amide bonds. The number of aromatic amines is 1. The van der Waals surface area contributed by atoms with Gasteiger partial charge >= 0.3 is 0 Å². The molecule has 122 valence electrons. The molecule has 0 radical (unpaired) electrons. The van der Waals surface area contributed by atoms with E-state index in [9.17, 15) is 9.59 Å². The fourth-order valence-corrected chi connectivity index (χ4v) is 3.31. The van der Waals surface area contributed by atoms with Crippen LogP contribution in [0.25, 0.3) is 11.3 Å². The minimum absolute atomic E-state index is 0.0899. The Labute approximate surface area is 151 Å². The van der Waals surface area contributed by atoms with Crippen LogP contribution in [0.2, 0.25) is 0 Å². The Morgan fingerprint density at radius 2 is 1.96 bits per heavy atom. The van der Waals surface area contributed by atoms with Crippen LogP contribution in [0.4, 0.5) is 5.13 Å². The zero-order chi connectivity index (χ0) is 17.3. The molecule has 0 spiro atoms. The molecule has 2 N–H and O–H groups in total. The van der Waals surface area contributed by atoms with E-state index in [-0.39, 0.29) is 11.7 Å². The number of Topliss-reactive ketones (excluding diaryl/α,β-unsaturated/α-hetero) is 1. The summed E-state index contributed by atoms with van der Waals surface area (Å²) in [6.45, 7) is 3.42. The number of aryl methyl sites for hydroxylation is 1. The van der Waals surface area contributed by atoms with Crippen molar-refractivity contribution in [1.82, 2.24) is 9.97 Å². The summed E-state index contributed by atoms with van der Waals surface area (Å²) in [6.07, 6.45) is 1.53. The van der Waals surface area contributed by atoms with Gasteiger partial charge < -0.3 is 4.98 Å². The SMILES string of the molecule is CC(=O)c1c[nH]c(C(=O)Nc2nc(-c3ccc(Br)cc3)c(C)s2)c1. The first-order valence-electron chi connectivity index (χ1n) is 7.18. The van der Waals surface area contributed by atoms with E-state index in [1.54, 1.807) is 0 Å². The minimum Gasteiger partial charge on any atom is -0.356 e.